The second-order valence-electron chi connectivity index (χ2n) is 4.51. The van der Waals surface area contributed by atoms with Gasteiger partial charge in [0, 0.05) is 11.6 Å². The Morgan fingerprint density at radius 3 is 2.86 bits per heavy atom. The van der Waals surface area contributed by atoms with Crippen LogP contribution in [0.3, 0.4) is 0 Å². The van der Waals surface area contributed by atoms with Gasteiger partial charge in [-0.1, -0.05) is 5.16 Å². The number of nitrogens with one attached hydrogen (secondary N) is 1. The fraction of sp³-hybridized carbons (Fsp3) is 0.250. The fourth-order valence-corrected chi connectivity index (χ4v) is 2.69. The van der Waals surface area contributed by atoms with E-state index in [2.05, 4.69) is 15.4 Å². The highest BCUT2D eigenvalue weighted by molar-refractivity contribution is 7.99. The molecule has 0 saturated heterocycles. The molecule has 0 spiro atoms. The summed E-state index contributed by atoms with van der Waals surface area (Å²) in [6, 6.07) is 4.06. The van der Waals surface area contributed by atoms with E-state index in [0.29, 0.717) is 5.16 Å². The van der Waals surface area contributed by atoms with E-state index in [1.807, 2.05) is 13.8 Å². The van der Waals surface area contributed by atoms with Crippen LogP contribution in [0.4, 0.5) is 4.39 Å². The summed E-state index contributed by atoms with van der Waals surface area (Å²) in [6.45, 7) is 3.66. The van der Waals surface area contributed by atoms with Crippen LogP contribution in [0.15, 0.2) is 38.2 Å². The molecule has 0 aliphatic carbocycles. The maximum Gasteiger partial charge on any atom is 0.344 e. The van der Waals surface area contributed by atoms with Crippen molar-refractivity contribution in [1.29, 1.82) is 0 Å². The lowest BCUT2D eigenvalue weighted by Gasteiger charge is -2.09. The van der Waals surface area contributed by atoms with Crippen molar-refractivity contribution in [1.82, 2.24) is 14.8 Å². The molecule has 0 aliphatic heterocycles. The fourth-order valence-electron chi connectivity index (χ4n) is 1.72. The summed E-state index contributed by atoms with van der Waals surface area (Å²) in [5, 5.41) is 18.0. The Balaban J connectivity index is 2.35. The zero-order valence-electron chi connectivity index (χ0n) is 11.4. The molecule has 21 heavy (non-hydrogen) atoms. The molecule has 0 radical (unpaired) electrons. The molecular weight excluding hydrogens is 297 g/mol. The molecule has 1 aromatic heterocycles. The number of aromatic nitrogens is 3. The minimum absolute atomic E-state index is 0.0988. The van der Waals surface area contributed by atoms with Gasteiger partial charge in [0.15, 0.2) is 11.0 Å². The van der Waals surface area contributed by atoms with Crippen LogP contribution < -0.4 is 11.4 Å². The number of amidine groups is 1. The second kappa shape index (κ2) is 6.00. The molecule has 0 saturated carbocycles. The standard InChI is InChI=1S/C12H14FN5O2S/c1-6(2)18-11(19)15-16-12(18)21-9-4-3-7(5-8(9)13)10(14)17-20/h3-6,20H,1-2H3,(H2,14,17)(H,15,19). The molecular formula is C12H14FN5O2S. The number of halogens is 1. The summed E-state index contributed by atoms with van der Waals surface area (Å²) < 4.78 is 15.5. The molecule has 112 valence electrons. The van der Waals surface area contributed by atoms with Gasteiger partial charge in [-0.2, -0.15) is 0 Å². The molecule has 9 heteroatoms. The molecule has 0 bridgehead atoms. The quantitative estimate of drug-likeness (QED) is 0.343. The molecule has 0 unspecified atom stereocenters. The molecule has 0 fully saturated rings. The number of rotatable bonds is 4. The van der Waals surface area contributed by atoms with Crippen molar-refractivity contribution < 1.29 is 9.60 Å². The van der Waals surface area contributed by atoms with Crippen LogP contribution in [-0.2, 0) is 0 Å². The molecule has 0 aliphatic rings. The van der Waals surface area contributed by atoms with Crippen LogP contribution in [-0.4, -0.2) is 25.8 Å². The van der Waals surface area contributed by atoms with Gasteiger partial charge in [-0.15, -0.1) is 5.10 Å². The van der Waals surface area contributed by atoms with Crippen LogP contribution in [0.25, 0.3) is 0 Å². The topological polar surface area (TPSA) is 109 Å². The number of hydrogen-bond donors (Lipinski definition) is 3. The van der Waals surface area contributed by atoms with Crippen LogP contribution in [0.2, 0.25) is 0 Å². The van der Waals surface area contributed by atoms with Crippen molar-refractivity contribution in [2.24, 2.45) is 10.9 Å². The smallest absolute Gasteiger partial charge is 0.344 e. The van der Waals surface area contributed by atoms with E-state index in [9.17, 15) is 9.18 Å². The molecule has 1 heterocycles. The third-order valence-corrected chi connectivity index (χ3v) is 3.75. The van der Waals surface area contributed by atoms with Gasteiger partial charge in [-0.25, -0.2) is 14.3 Å². The number of oxime groups is 1. The average molecular weight is 311 g/mol. The predicted molar refractivity (Wildman–Crippen MR) is 76.3 cm³/mol. The summed E-state index contributed by atoms with van der Waals surface area (Å²) >= 11 is 1.02. The van der Waals surface area contributed by atoms with Crippen molar-refractivity contribution in [3.05, 3.63) is 40.1 Å². The lowest BCUT2D eigenvalue weighted by atomic mass is 10.2. The molecule has 2 rings (SSSR count). The summed E-state index contributed by atoms with van der Waals surface area (Å²) in [5.74, 6) is -0.723. The monoisotopic (exact) mass is 311 g/mol. The van der Waals surface area contributed by atoms with Crippen LogP contribution >= 0.6 is 11.8 Å². The Morgan fingerprint density at radius 1 is 1.57 bits per heavy atom. The number of hydrogen-bond acceptors (Lipinski definition) is 5. The van der Waals surface area contributed by atoms with Gasteiger partial charge < -0.3 is 10.9 Å². The highest BCUT2D eigenvalue weighted by Crippen LogP contribution is 2.29. The van der Waals surface area contributed by atoms with Gasteiger partial charge in [-0.05, 0) is 43.8 Å². The molecule has 4 N–H and O–H groups in total. The van der Waals surface area contributed by atoms with Gasteiger partial charge in [0.1, 0.15) is 5.82 Å². The normalized spacial score (nSPS) is 12.1. The Bertz CT molecular complexity index is 737. The average Bonchev–Trinajstić information content (AvgIpc) is 2.81. The largest absolute Gasteiger partial charge is 0.409 e. The summed E-state index contributed by atoms with van der Waals surface area (Å²) in [4.78, 5) is 11.9. The molecule has 2 aromatic rings. The Morgan fingerprint density at radius 2 is 2.29 bits per heavy atom. The lowest BCUT2D eigenvalue weighted by Crippen LogP contribution is -2.19. The van der Waals surface area contributed by atoms with E-state index < -0.39 is 5.82 Å². The van der Waals surface area contributed by atoms with Gasteiger partial charge in [-0.3, -0.25) is 4.57 Å². The number of aromatic amines is 1. The number of nitrogens with zero attached hydrogens (tertiary/aromatic N) is 3. The first-order valence-corrected chi connectivity index (χ1v) is 6.88. The second-order valence-corrected chi connectivity index (χ2v) is 5.52. The summed E-state index contributed by atoms with van der Waals surface area (Å²) in [7, 11) is 0. The van der Waals surface area contributed by atoms with Gasteiger partial charge >= 0.3 is 5.69 Å². The first-order chi connectivity index (χ1) is 9.93. The predicted octanol–water partition coefficient (Wildman–Crippen LogP) is 1.54. The van der Waals surface area contributed by atoms with Gasteiger partial charge in [0.25, 0.3) is 0 Å². The maximum atomic E-state index is 14.0. The van der Waals surface area contributed by atoms with E-state index >= 15 is 0 Å². The zero-order valence-corrected chi connectivity index (χ0v) is 12.2. The van der Waals surface area contributed by atoms with Crippen molar-refractivity contribution in [3.63, 3.8) is 0 Å². The number of H-pyrrole nitrogens is 1. The lowest BCUT2D eigenvalue weighted by molar-refractivity contribution is 0.318. The van der Waals surface area contributed by atoms with Gasteiger partial charge in [0.05, 0.1) is 4.90 Å². The maximum absolute atomic E-state index is 14.0. The minimum Gasteiger partial charge on any atom is -0.409 e. The molecule has 0 atom stereocenters. The van der Waals surface area contributed by atoms with Crippen molar-refractivity contribution >= 4 is 17.6 Å². The number of benzene rings is 1. The Kier molecular flexibility index (Phi) is 4.32. The number of nitrogens with two attached hydrogens (primary N) is 1. The van der Waals surface area contributed by atoms with Crippen LogP contribution in [0.5, 0.6) is 0 Å². The summed E-state index contributed by atoms with van der Waals surface area (Å²) in [6.07, 6.45) is 0. The van der Waals surface area contributed by atoms with Crippen LogP contribution in [0, 0.1) is 5.82 Å². The highest BCUT2D eigenvalue weighted by atomic mass is 32.2. The minimum atomic E-state index is -0.546. The molecule has 0 amide bonds. The van der Waals surface area contributed by atoms with E-state index in [-0.39, 0.29) is 28.0 Å². The first-order valence-electron chi connectivity index (χ1n) is 6.06. The first kappa shape index (κ1) is 15.1. The van der Waals surface area contributed by atoms with Crippen molar-refractivity contribution in [3.8, 4) is 0 Å². The Hall–Kier alpha value is -2.29. The van der Waals surface area contributed by atoms with E-state index in [4.69, 9.17) is 10.9 Å². The SMILES string of the molecule is CC(C)n1c(Sc2ccc(C(N)=NO)cc2F)n[nH]c1=O. The highest BCUT2D eigenvalue weighted by Gasteiger charge is 2.15. The van der Waals surface area contributed by atoms with E-state index in [0.717, 1.165) is 17.8 Å². The molecule has 7 nitrogen and oxygen atoms in total. The molecule has 1 aromatic carbocycles. The summed E-state index contributed by atoms with van der Waals surface area (Å²) in [5.41, 5.74) is 5.32. The third-order valence-electron chi connectivity index (χ3n) is 2.73. The van der Waals surface area contributed by atoms with Gasteiger partial charge in [0.2, 0.25) is 0 Å². The van der Waals surface area contributed by atoms with E-state index in [1.54, 1.807) is 0 Å². The van der Waals surface area contributed by atoms with E-state index in [1.165, 1.54) is 16.7 Å². The zero-order chi connectivity index (χ0) is 15.6. The van der Waals surface area contributed by atoms with Crippen LogP contribution in [0.1, 0.15) is 25.5 Å². The van der Waals surface area contributed by atoms with Crippen molar-refractivity contribution in [2.75, 3.05) is 0 Å². The Labute approximate surface area is 123 Å². The van der Waals surface area contributed by atoms with Crippen molar-refractivity contribution in [2.45, 2.75) is 29.9 Å². The third kappa shape index (κ3) is 3.07.